The van der Waals surface area contributed by atoms with E-state index >= 15 is 0 Å². The Bertz CT molecular complexity index is 942. The highest BCUT2D eigenvalue weighted by atomic mass is 16.7. The van der Waals surface area contributed by atoms with E-state index in [9.17, 15) is 35.4 Å². The molecule has 10 nitrogen and oxygen atoms in total. The maximum Gasteiger partial charge on any atom is 0.220 e. The second-order valence-corrected chi connectivity index (χ2v) is 18.8. The van der Waals surface area contributed by atoms with Crippen molar-refractivity contribution in [2.45, 2.75) is 307 Å². The van der Waals surface area contributed by atoms with Crippen LogP contribution in [0.25, 0.3) is 0 Å². The zero-order valence-corrected chi connectivity index (χ0v) is 39.8. The van der Waals surface area contributed by atoms with E-state index in [1.807, 2.05) is 0 Å². The van der Waals surface area contributed by atoms with Gasteiger partial charge in [0.2, 0.25) is 5.91 Å². The fraction of sp³-hybridized carbons (Fsp3) is 0.980. The Morgan fingerprint density at radius 3 is 1.21 bits per heavy atom. The molecule has 1 aliphatic heterocycles. The van der Waals surface area contributed by atoms with E-state index in [0.29, 0.717) is 6.42 Å². The molecule has 61 heavy (non-hydrogen) atoms. The number of ether oxygens (including phenoxy) is 2. The van der Waals surface area contributed by atoms with Crippen LogP contribution in [0, 0.1) is 0 Å². The molecule has 0 aromatic carbocycles. The van der Waals surface area contributed by atoms with Crippen LogP contribution in [0.1, 0.15) is 258 Å². The molecule has 0 aromatic heterocycles. The van der Waals surface area contributed by atoms with E-state index in [1.54, 1.807) is 0 Å². The summed E-state index contributed by atoms with van der Waals surface area (Å²) in [4.78, 5) is 13.0. The summed E-state index contributed by atoms with van der Waals surface area (Å²) in [7, 11) is 0. The van der Waals surface area contributed by atoms with Crippen molar-refractivity contribution in [3.63, 3.8) is 0 Å². The molecule has 1 amide bonds. The third-order valence-electron chi connectivity index (χ3n) is 13.1. The van der Waals surface area contributed by atoms with Gasteiger partial charge in [0.1, 0.15) is 30.5 Å². The minimum Gasteiger partial charge on any atom is -0.394 e. The molecule has 10 heteroatoms. The maximum atomic E-state index is 13.0. The van der Waals surface area contributed by atoms with Crippen LogP contribution in [0.5, 0.6) is 0 Å². The summed E-state index contributed by atoms with van der Waals surface area (Å²) < 4.78 is 11.2. The fourth-order valence-corrected chi connectivity index (χ4v) is 8.79. The predicted molar refractivity (Wildman–Crippen MR) is 250 cm³/mol. The molecular weight excluding hydrogens is 771 g/mol. The van der Waals surface area contributed by atoms with Crippen molar-refractivity contribution in [1.29, 1.82) is 0 Å². The number of amides is 1. The fourth-order valence-electron chi connectivity index (χ4n) is 8.79. The molecule has 0 radical (unpaired) electrons. The number of rotatable bonds is 45. The van der Waals surface area contributed by atoms with Gasteiger partial charge in [-0.3, -0.25) is 4.79 Å². The smallest absolute Gasteiger partial charge is 0.220 e. The number of carbonyl (C=O) groups excluding carboxylic acids is 1. The number of hydrogen-bond acceptors (Lipinski definition) is 9. The highest BCUT2D eigenvalue weighted by Crippen LogP contribution is 2.23. The lowest BCUT2D eigenvalue weighted by Crippen LogP contribution is -2.60. The zero-order chi connectivity index (χ0) is 44.6. The molecule has 4 unspecified atom stereocenters. The SMILES string of the molecule is CCCCCCCCCCCCCCCCCCCCCCCCCC(=O)NC(CO[C@H]1OC(CO)[C@H](O)C(O)C1O)[C@H](O)[C@H](O)CCCCCCCCCCCCCCC. The van der Waals surface area contributed by atoms with Gasteiger partial charge in [0.25, 0.3) is 0 Å². The molecule has 1 aliphatic rings. The van der Waals surface area contributed by atoms with Gasteiger partial charge in [0.05, 0.1) is 25.4 Å². The highest BCUT2D eigenvalue weighted by molar-refractivity contribution is 5.76. The van der Waals surface area contributed by atoms with Crippen molar-refractivity contribution in [2.75, 3.05) is 13.2 Å². The minimum absolute atomic E-state index is 0.252. The van der Waals surface area contributed by atoms with Crippen molar-refractivity contribution in [3.05, 3.63) is 0 Å². The van der Waals surface area contributed by atoms with Crippen LogP contribution in [0.3, 0.4) is 0 Å². The Kier molecular flexibility index (Phi) is 39.9. The Morgan fingerprint density at radius 1 is 0.508 bits per heavy atom. The first-order valence-corrected chi connectivity index (χ1v) is 26.3. The van der Waals surface area contributed by atoms with Gasteiger partial charge in [-0.15, -0.1) is 0 Å². The first-order chi connectivity index (χ1) is 29.8. The van der Waals surface area contributed by atoms with Crippen molar-refractivity contribution >= 4 is 5.91 Å². The Balaban J connectivity index is 2.26. The lowest BCUT2D eigenvalue weighted by molar-refractivity contribution is -0.303. The van der Waals surface area contributed by atoms with Crippen LogP contribution in [-0.4, -0.2) is 98.7 Å². The number of aliphatic hydroxyl groups is 6. The third kappa shape index (κ3) is 31.6. The Morgan fingerprint density at radius 2 is 0.852 bits per heavy atom. The molecule has 7 N–H and O–H groups in total. The van der Waals surface area contributed by atoms with E-state index in [1.165, 1.54) is 193 Å². The van der Waals surface area contributed by atoms with Crippen molar-refractivity contribution in [2.24, 2.45) is 0 Å². The average Bonchev–Trinajstić information content (AvgIpc) is 3.26. The second kappa shape index (κ2) is 41.8. The summed E-state index contributed by atoms with van der Waals surface area (Å²) in [6.07, 6.45) is 36.9. The van der Waals surface area contributed by atoms with Crippen LogP contribution >= 0.6 is 0 Å². The molecule has 1 fully saturated rings. The molecule has 0 spiro atoms. The third-order valence-corrected chi connectivity index (χ3v) is 13.1. The van der Waals surface area contributed by atoms with Crippen molar-refractivity contribution in [3.8, 4) is 0 Å². The van der Waals surface area contributed by atoms with Gasteiger partial charge < -0.3 is 45.4 Å². The molecule has 364 valence electrons. The molecule has 1 heterocycles. The highest BCUT2D eigenvalue weighted by Gasteiger charge is 2.44. The van der Waals surface area contributed by atoms with E-state index in [0.717, 1.165) is 38.5 Å². The first kappa shape index (κ1) is 58.2. The first-order valence-electron chi connectivity index (χ1n) is 26.3. The lowest BCUT2D eigenvalue weighted by Gasteiger charge is -2.40. The minimum atomic E-state index is -1.60. The molecule has 0 saturated carbocycles. The Hall–Kier alpha value is -0.850. The van der Waals surface area contributed by atoms with Gasteiger partial charge in [0, 0.05) is 6.42 Å². The second-order valence-electron chi connectivity index (χ2n) is 18.8. The van der Waals surface area contributed by atoms with Gasteiger partial charge in [-0.05, 0) is 12.8 Å². The Labute approximate surface area is 375 Å². The van der Waals surface area contributed by atoms with Crippen LogP contribution < -0.4 is 5.32 Å². The number of hydrogen-bond donors (Lipinski definition) is 7. The van der Waals surface area contributed by atoms with E-state index in [-0.39, 0.29) is 18.9 Å². The summed E-state index contributed by atoms with van der Waals surface area (Å²) in [6.45, 7) is 3.64. The molecular formula is C51H101NO9. The molecule has 1 rings (SSSR count). The number of nitrogens with one attached hydrogen (secondary N) is 1. The van der Waals surface area contributed by atoms with Gasteiger partial charge in [0.15, 0.2) is 6.29 Å². The number of unbranched alkanes of at least 4 members (excludes halogenated alkanes) is 34. The lowest BCUT2D eigenvalue weighted by atomic mass is 9.98. The van der Waals surface area contributed by atoms with Crippen LogP contribution in [-0.2, 0) is 14.3 Å². The van der Waals surface area contributed by atoms with Gasteiger partial charge >= 0.3 is 0 Å². The summed E-state index contributed by atoms with van der Waals surface area (Å²) in [5.74, 6) is -0.252. The number of aliphatic hydroxyl groups excluding tert-OH is 6. The van der Waals surface area contributed by atoms with Crippen molar-refractivity contribution in [1.82, 2.24) is 5.32 Å². The monoisotopic (exact) mass is 872 g/mol. The molecule has 0 aromatic rings. The summed E-state index contributed by atoms with van der Waals surface area (Å²) >= 11 is 0. The van der Waals surface area contributed by atoms with Gasteiger partial charge in [-0.2, -0.15) is 0 Å². The van der Waals surface area contributed by atoms with Crippen LogP contribution in [0.2, 0.25) is 0 Å². The quantitative estimate of drug-likeness (QED) is 0.0295. The summed E-state index contributed by atoms with van der Waals surface area (Å²) in [6, 6.07) is -0.985. The molecule has 8 atom stereocenters. The number of carbonyl (C=O) groups is 1. The maximum absolute atomic E-state index is 13.0. The van der Waals surface area contributed by atoms with E-state index < -0.39 is 55.6 Å². The van der Waals surface area contributed by atoms with Crippen LogP contribution in [0.4, 0.5) is 0 Å². The zero-order valence-electron chi connectivity index (χ0n) is 39.8. The van der Waals surface area contributed by atoms with Gasteiger partial charge in [-0.1, -0.05) is 239 Å². The van der Waals surface area contributed by atoms with Gasteiger partial charge in [-0.25, -0.2) is 0 Å². The molecule has 0 bridgehead atoms. The van der Waals surface area contributed by atoms with E-state index in [4.69, 9.17) is 9.47 Å². The normalized spacial score (nSPS) is 20.8. The topological polar surface area (TPSA) is 169 Å². The van der Waals surface area contributed by atoms with E-state index in [2.05, 4.69) is 19.2 Å². The average molecular weight is 872 g/mol. The largest absolute Gasteiger partial charge is 0.394 e. The van der Waals surface area contributed by atoms with Crippen LogP contribution in [0.15, 0.2) is 0 Å². The molecule has 0 aliphatic carbocycles. The predicted octanol–water partition coefficient (Wildman–Crippen LogP) is 10.9. The van der Waals surface area contributed by atoms with Crippen molar-refractivity contribution < 1.29 is 44.9 Å². The standard InChI is InChI=1S/C51H101NO9/c1-3-5-7-9-11-13-15-17-18-19-20-21-22-23-24-25-26-28-30-32-34-36-38-40-46(55)52-43(42-60-51-50(59)49(58)48(57)45(41-53)61-51)47(56)44(54)39-37-35-33-31-29-27-16-14-12-10-8-6-4-2/h43-45,47-51,53-54,56-59H,3-42H2,1-2H3,(H,52,55)/t43?,44-,45?,47+,48+,49?,50?,51+/m1/s1. The summed E-state index contributed by atoms with van der Waals surface area (Å²) in [5.41, 5.74) is 0. The molecule has 1 saturated heterocycles. The summed E-state index contributed by atoms with van der Waals surface area (Å²) in [5, 5.41) is 65.3.